The third-order valence-electron chi connectivity index (χ3n) is 3.42. The highest BCUT2D eigenvalue weighted by Gasteiger charge is 2.14. The summed E-state index contributed by atoms with van der Waals surface area (Å²) in [7, 11) is 0. The molecule has 0 spiro atoms. The van der Waals surface area contributed by atoms with Crippen LogP contribution in [-0.2, 0) is 0 Å². The summed E-state index contributed by atoms with van der Waals surface area (Å²) in [6.07, 6.45) is 1.10. The highest BCUT2D eigenvalue weighted by atomic mass is 19.1. The van der Waals surface area contributed by atoms with Gasteiger partial charge in [-0.2, -0.15) is 0 Å². The molecule has 1 aromatic carbocycles. The Bertz CT molecular complexity index is 363. The maximum Gasteiger partial charge on any atom is 0.125 e. The molecular formula is C15H25FN2. The Labute approximate surface area is 110 Å². The van der Waals surface area contributed by atoms with E-state index in [9.17, 15) is 4.39 Å². The Kier molecular flexibility index (Phi) is 5.60. The van der Waals surface area contributed by atoms with Crippen LogP contribution < -0.4 is 10.2 Å². The molecule has 0 atom stereocenters. The van der Waals surface area contributed by atoms with E-state index in [1.807, 2.05) is 6.07 Å². The van der Waals surface area contributed by atoms with Crippen LogP contribution in [0.2, 0.25) is 0 Å². The number of rotatable bonds is 7. The van der Waals surface area contributed by atoms with Crippen LogP contribution in [0.3, 0.4) is 0 Å². The molecule has 0 aliphatic carbocycles. The molecular weight excluding hydrogens is 227 g/mol. The molecule has 0 radical (unpaired) electrons. The van der Waals surface area contributed by atoms with Crippen LogP contribution in [0, 0.1) is 5.82 Å². The van der Waals surface area contributed by atoms with E-state index in [4.69, 9.17) is 0 Å². The van der Waals surface area contributed by atoms with E-state index in [1.165, 1.54) is 6.07 Å². The van der Waals surface area contributed by atoms with E-state index in [1.54, 1.807) is 12.1 Å². The van der Waals surface area contributed by atoms with Gasteiger partial charge in [0, 0.05) is 30.9 Å². The van der Waals surface area contributed by atoms with Gasteiger partial charge in [0.1, 0.15) is 5.82 Å². The van der Waals surface area contributed by atoms with E-state index in [-0.39, 0.29) is 11.4 Å². The van der Waals surface area contributed by atoms with Crippen LogP contribution in [0.1, 0.15) is 34.1 Å². The molecule has 1 N–H and O–H groups in total. The number of benzene rings is 1. The first-order valence-corrected chi connectivity index (χ1v) is 6.74. The summed E-state index contributed by atoms with van der Waals surface area (Å²) in [4.78, 5) is 2.18. The van der Waals surface area contributed by atoms with Gasteiger partial charge in [0.05, 0.1) is 0 Å². The van der Waals surface area contributed by atoms with E-state index >= 15 is 0 Å². The predicted molar refractivity (Wildman–Crippen MR) is 76.7 cm³/mol. The zero-order valence-electron chi connectivity index (χ0n) is 12.0. The molecule has 0 amide bonds. The molecule has 0 saturated carbocycles. The van der Waals surface area contributed by atoms with Crippen LogP contribution in [0.4, 0.5) is 10.1 Å². The van der Waals surface area contributed by atoms with Gasteiger partial charge in [0.2, 0.25) is 0 Å². The summed E-state index contributed by atoms with van der Waals surface area (Å²) in [5.74, 6) is -0.173. The van der Waals surface area contributed by atoms with Crippen molar-refractivity contribution in [1.82, 2.24) is 5.32 Å². The molecule has 2 nitrogen and oxygen atoms in total. The normalized spacial score (nSPS) is 11.6. The third kappa shape index (κ3) is 4.65. The van der Waals surface area contributed by atoms with Crippen LogP contribution >= 0.6 is 0 Å². The summed E-state index contributed by atoms with van der Waals surface area (Å²) < 4.78 is 13.2. The van der Waals surface area contributed by atoms with Crippen molar-refractivity contribution in [2.75, 3.05) is 24.5 Å². The lowest BCUT2D eigenvalue weighted by atomic mass is 10.0. The Morgan fingerprint density at radius 3 is 2.56 bits per heavy atom. The summed E-state index contributed by atoms with van der Waals surface area (Å²) >= 11 is 0. The predicted octanol–water partition coefficient (Wildman–Crippen LogP) is 3.43. The Hall–Kier alpha value is -1.09. The third-order valence-corrected chi connectivity index (χ3v) is 3.42. The maximum absolute atomic E-state index is 13.2. The van der Waals surface area contributed by atoms with Crippen molar-refractivity contribution < 1.29 is 4.39 Å². The summed E-state index contributed by atoms with van der Waals surface area (Å²) in [5.41, 5.74) is 1.12. The average Bonchev–Trinajstić information content (AvgIpc) is 2.34. The minimum atomic E-state index is -0.173. The van der Waals surface area contributed by atoms with Crippen LogP contribution in [0.25, 0.3) is 0 Å². The topological polar surface area (TPSA) is 15.3 Å². The smallest absolute Gasteiger partial charge is 0.125 e. The molecule has 3 heteroatoms. The zero-order chi connectivity index (χ0) is 13.6. The lowest BCUT2D eigenvalue weighted by Crippen LogP contribution is -2.43. The number of halogens is 1. The van der Waals surface area contributed by atoms with Crippen LogP contribution in [0.5, 0.6) is 0 Å². The van der Waals surface area contributed by atoms with Gasteiger partial charge in [-0.1, -0.05) is 13.0 Å². The molecule has 0 aliphatic rings. The molecule has 0 saturated heterocycles. The van der Waals surface area contributed by atoms with E-state index in [2.05, 4.69) is 37.9 Å². The molecule has 0 fully saturated rings. The second-order valence-corrected chi connectivity index (χ2v) is 5.22. The van der Waals surface area contributed by atoms with Gasteiger partial charge in [0.15, 0.2) is 0 Å². The van der Waals surface area contributed by atoms with Gasteiger partial charge in [-0.25, -0.2) is 4.39 Å². The van der Waals surface area contributed by atoms with E-state index in [0.717, 1.165) is 31.7 Å². The molecule has 0 unspecified atom stereocenters. The second-order valence-electron chi connectivity index (χ2n) is 5.22. The zero-order valence-corrected chi connectivity index (χ0v) is 12.0. The highest BCUT2D eigenvalue weighted by molar-refractivity contribution is 5.46. The Morgan fingerprint density at radius 1 is 1.28 bits per heavy atom. The molecule has 0 bridgehead atoms. The van der Waals surface area contributed by atoms with Gasteiger partial charge in [0.25, 0.3) is 0 Å². The quantitative estimate of drug-likeness (QED) is 0.800. The first-order chi connectivity index (χ1) is 8.48. The van der Waals surface area contributed by atoms with E-state index < -0.39 is 0 Å². The van der Waals surface area contributed by atoms with Gasteiger partial charge in [-0.05, 0) is 45.4 Å². The first-order valence-electron chi connectivity index (χ1n) is 6.74. The molecule has 102 valence electrons. The standard InChI is InChI=1S/C15H25FN2/c1-5-15(3,4)17-10-11-18(6-2)14-9-7-8-13(16)12-14/h7-9,12,17H,5-6,10-11H2,1-4H3. The lowest BCUT2D eigenvalue weighted by Gasteiger charge is -2.28. The number of likely N-dealkylation sites (N-methyl/N-ethyl adjacent to an activating group) is 1. The lowest BCUT2D eigenvalue weighted by molar-refractivity contribution is 0.380. The Morgan fingerprint density at radius 2 is 2.00 bits per heavy atom. The first kappa shape index (κ1) is 15.0. The highest BCUT2D eigenvalue weighted by Crippen LogP contribution is 2.15. The second kappa shape index (κ2) is 6.74. The fourth-order valence-electron chi connectivity index (χ4n) is 1.80. The number of nitrogens with zero attached hydrogens (tertiary/aromatic N) is 1. The van der Waals surface area contributed by atoms with Crippen molar-refractivity contribution in [2.45, 2.75) is 39.7 Å². The number of nitrogens with one attached hydrogen (secondary N) is 1. The monoisotopic (exact) mass is 252 g/mol. The minimum absolute atomic E-state index is 0.168. The molecule has 18 heavy (non-hydrogen) atoms. The molecule has 1 rings (SSSR count). The Balaban J connectivity index is 2.53. The van der Waals surface area contributed by atoms with Crippen molar-refractivity contribution in [3.63, 3.8) is 0 Å². The largest absolute Gasteiger partial charge is 0.370 e. The molecule has 1 aromatic rings. The van der Waals surface area contributed by atoms with Crippen LogP contribution in [0.15, 0.2) is 24.3 Å². The molecule has 0 heterocycles. The summed E-state index contributed by atoms with van der Waals surface area (Å²) in [6.45, 7) is 11.4. The van der Waals surface area contributed by atoms with Gasteiger partial charge in [-0.3, -0.25) is 0 Å². The number of anilines is 1. The van der Waals surface area contributed by atoms with Crippen molar-refractivity contribution in [3.8, 4) is 0 Å². The maximum atomic E-state index is 13.2. The minimum Gasteiger partial charge on any atom is -0.370 e. The number of hydrogen-bond acceptors (Lipinski definition) is 2. The van der Waals surface area contributed by atoms with E-state index in [0.29, 0.717) is 0 Å². The van der Waals surface area contributed by atoms with Crippen molar-refractivity contribution in [1.29, 1.82) is 0 Å². The summed E-state index contributed by atoms with van der Waals surface area (Å²) in [5, 5.41) is 3.52. The van der Waals surface area contributed by atoms with Gasteiger partial charge >= 0.3 is 0 Å². The molecule has 0 aromatic heterocycles. The SMILES string of the molecule is CCN(CCNC(C)(C)CC)c1cccc(F)c1. The average molecular weight is 252 g/mol. The van der Waals surface area contributed by atoms with Gasteiger partial charge in [-0.15, -0.1) is 0 Å². The molecule has 0 aliphatic heterocycles. The van der Waals surface area contributed by atoms with Crippen molar-refractivity contribution in [3.05, 3.63) is 30.1 Å². The van der Waals surface area contributed by atoms with Crippen LogP contribution in [-0.4, -0.2) is 25.2 Å². The number of hydrogen-bond donors (Lipinski definition) is 1. The van der Waals surface area contributed by atoms with Gasteiger partial charge < -0.3 is 10.2 Å². The fourth-order valence-corrected chi connectivity index (χ4v) is 1.80. The van der Waals surface area contributed by atoms with Crippen molar-refractivity contribution >= 4 is 5.69 Å². The fraction of sp³-hybridized carbons (Fsp3) is 0.600. The van der Waals surface area contributed by atoms with Crippen molar-refractivity contribution in [2.24, 2.45) is 0 Å². The summed E-state index contributed by atoms with van der Waals surface area (Å²) in [6, 6.07) is 6.79.